The van der Waals surface area contributed by atoms with Crippen LogP contribution in [0.5, 0.6) is 11.5 Å². The van der Waals surface area contributed by atoms with Gasteiger partial charge in [0.1, 0.15) is 0 Å². The van der Waals surface area contributed by atoms with E-state index in [9.17, 15) is 23.1 Å². The second kappa shape index (κ2) is 7.08. The highest BCUT2D eigenvalue weighted by atomic mass is 19.4. The molecule has 2 N–H and O–H groups in total. The molecule has 0 bridgehead atoms. The number of alkyl halides is 3. The molecule has 0 fully saturated rings. The van der Waals surface area contributed by atoms with Crippen molar-refractivity contribution in [2.75, 3.05) is 13.2 Å². The van der Waals surface area contributed by atoms with Gasteiger partial charge in [0.25, 0.3) is 5.91 Å². The Bertz CT molecular complexity index is 562. The fourth-order valence-electron chi connectivity index (χ4n) is 2.19. The Kier molecular flexibility index (Phi) is 5.35. The summed E-state index contributed by atoms with van der Waals surface area (Å²) < 4.78 is 48.6. The van der Waals surface area contributed by atoms with Crippen LogP contribution in [-0.2, 0) is 0 Å². The molecule has 1 heterocycles. The van der Waals surface area contributed by atoms with Crippen LogP contribution in [0.15, 0.2) is 18.2 Å². The molecule has 128 valence electrons. The molecule has 1 aliphatic rings. The van der Waals surface area contributed by atoms with E-state index in [1.807, 2.05) is 0 Å². The molecule has 0 saturated carbocycles. The van der Waals surface area contributed by atoms with E-state index in [1.165, 1.54) is 25.1 Å². The first-order valence-corrected chi connectivity index (χ1v) is 7.28. The predicted octanol–water partition coefficient (Wildman–Crippen LogP) is 2.28. The molecule has 0 saturated heterocycles. The molecule has 2 rings (SSSR count). The lowest BCUT2D eigenvalue weighted by Gasteiger charge is -2.24. The van der Waals surface area contributed by atoms with Crippen LogP contribution in [-0.4, -0.2) is 42.5 Å². The Hall–Kier alpha value is -1.96. The van der Waals surface area contributed by atoms with E-state index in [0.29, 0.717) is 31.1 Å². The summed E-state index contributed by atoms with van der Waals surface area (Å²) >= 11 is 0. The number of hydrogen-bond donors (Lipinski definition) is 2. The maximum Gasteiger partial charge on any atom is 0.416 e. The quantitative estimate of drug-likeness (QED) is 0.887. The van der Waals surface area contributed by atoms with Gasteiger partial charge in [-0.25, -0.2) is 0 Å². The molecule has 0 radical (unpaired) electrons. The number of hydrogen-bond acceptors (Lipinski definition) is 4. The van der Waals surface area contributed by atoms with Gasteiger partial charge in [0.15, 0.2) is 17.6 Å². The first-order chi connectivity index (χ1) is 10.8. The third kappa shape index (κ3) is 4.28. The monoisotopic (exact) mass is 333 g/mol. The second-order valence-electron chi connectivity index (χ2n) is 5.19. The summed E-state index contributed by atoms with van der Waals surface area (Å²) in [6.45, 7) is 2.38. The van der Waals surface area contributed by atoms with E-state index in [0.717, 1.165) is 0 Å². The van der Waals surface area contributed by atoms with Gasteiger partial charge < -0.3 is 19.9 Å². The first kappa shape index (κ1) is 17.4. The summed E-state index contributed by atoms with van der Waals surface area (Å²) in [7, 11) is 0. The second-order valence-corrected chi connectivity index (χ2v) is 5.19. The highest BCUT2D eigenvalue weighted by Gasteiger charge is 2.43. The Morgan fingerprint density at radius 2 is 1.96 bits per heavy atom. The lowest BCUT2D eigenvalue weighted by Crippen LogP contribution is -2.49. The number of aliphatic hydroxyl groups excluding tert-OH is 1. The van der Waals surface area contributed by atoms with Crippen LogP contribution in [0.25, 0.3) is 0 Å². The molecule has 2 unspecified atom stereocenters. The number of carbonyl (C=O) groups excluding carboxylic acids is 1. The molecule has 23 heavy (non-hydrogen) atoms. The SMILES string of the molecule is CCC(NC(=O)c1ccc2c(c1)OCCCO2)C(O)C(F)(F)F. The van der Waals surface area contributed by atoms with Gasteiger partial charge in [0.2, 0.25) is 0 Å². The highest BCUT2D eigenvalue weighted by molar-refractivity contribution is 5.95. The molecule has 8 heteroatoms. The summed E-state index contributed by atoms with van der Waals surface area (Å²) in [5.41, 5.74) is 0.141. The molecule has 1 aliphatic heterocycles. The molecule has 2 atom stereocenters. The number of nitrogens with one attached hydrogen (secondary N) is 1. The van der Waals surface area contributed by atoms with Crippen LogP contribution < -0.4 is 14.8 Å². The minimum absolute atomic E-state index is 0.0586. The first-order valence-electron chi connectivity index (χ1n) is 7.28. The Morgan fingerprint density at radius 1 is 1.30 bits per heavy atom. The normalized spacial score (nSPS) is 17.1. The maximum atomic E-state index is 12.6. The predicted molar refractivity (Wildman–Crippen MR) is 75.7 cm³/mol. The van der Waals surface area contributed by atoms with Crippen LogP contribution in [0.3, 0.4) is 0 Å². The van der Waals surface area contributed by atoms with Crippen LogP contribution in [0.1, 0.15) is 30.1 Å². The number of fused-ring (bicyclic) bond motifs is 1. The number of halogens is 3. The van der Waals surface area contributed by atoms with E-state index >= 15 is 0 Å². The van der Waals surface area contributed by atoms with Crippen LogP contribution in [0, 0.1) is 0 Å². The maximum absolute atomic E-state index is 12.6. The summed E-state index contributed by atoms with van der Waals surface area (Å²) in [5.74, 6) is 0.150. The summed E-state index contributed by atoms with van der Waals surface area (Å²) in [5, 5.41) is 11.5. The number of ether oxygens (including phenoxy) is 2. The van der Waals surface area contributed by atoms with Crippen molar-refractivity contribution < 1.29 is 32.5 Å². The van der Waals surface area contributed by atoms with Crippen molar-refractivity contribution in [1.29, 1.82) is 0 Å². The van der Waals surface area contributed by atoms with Gasteiger partial charge >= 0.3 is 6.18 Å². The van der Waals surface area contributed by atoms with Gasteiger partial charge in [-0.2, -0.15) is 13.2 Å². The van der Waals surface area contributed by atoms with E-state index in [2.05, 4.69) is 5.32 Å². The van der Waals surface area contributed by atoms with Gasteiger partial charge in [-0.05, 0) is 24.6 Å². The average Bonchev–Trinajstić information content (AvgIpc) is 2.75. The standard InChI is InChI=1S/C15H18F3NO4/c1-2-10(13(20)15(16,17)18)19-14(21)9-4-5-11-12(8-9)23-7-3-6-22-11/h4-5,8,10,13,20H,2-3,6-7H2,1H3,(H,19,21). The molecule has 1 aromatic carbocycles. The van der Waals surface area contributed by atoms with Crippen molar-refractivity contribution in [2.45, 2.75) is 38.1 Å². The summed E-state index contributed by atoms with van der Waals surface area (Å²) in [6, 6.07) is 2.98. The summed E-state index contributed by atoms with van der Waals surface area (Å²) in [6.07, 6.45) is -6.77. The number of amides is 1. The Labute approximate surface area is 131 Å². The Morgan fingerprint density at radius 3 is 2.57 bits per heavy atom. The topological polar surface area (TPSA) is 67.8 Å². The lowest BCUT2D eigenvalue weighted by atomic mass is 10.1. The van der Waals surface area contributed by atoms with E-state index in [1.54, 1.807) is 0 Å². The van der Waals surface area contributed by atoms with Crippen molar-refractivity contribution in [3.05, 3.63) is 23.8 Å². The molecule has 0 aromatic heterocycles. The van der Waals surface area contributed by atoms with E-state index in [4.69, 9.17) is 9.47 Å². The number of benzene rings is 1. The zero-order valence-corrected chi connectivity index (χ0v) is 12.5. The van der Waals surface area contributed by atoms with E-state index in [-0.39, 0.29) is 12.0 Å². The van der Waals surface area contributed by atoms with Gasteiger partial charge in [0, 0.05) is 12.0 Å². The molecular formula is C15H18F3NO4. The van der Waals surface area contributed by atoms with Crippen LogP contribution >= 0.6 is 0 Å². The Balaban J connectivity index is 2.12. The minimum atomic E-state index is -4.79. The fourth-order valence-corrected chi connectivity index (χ4v) is 2.19. The van der Waals surface area contributed by atoms with Crippen molar-refractivity contribution in [3.8, 4) is 11.5 Å². The fraction of sp³-hybridized carbons (Fsp3) is 0.533. The van der Waals surface area contributed by atoms with Crippen molar-refractivity contribution in [1.82, 2.24) is 5.32 Å². The largest absolute Gasteiger partial charge is 0.490 e. The van der Waals surface area contributed by atoms with Crippen molar-refractivity contribution in [3.63, 3.8) is 0 Å². The summed E-state index contributed by atoms with van der Waals surface area (Å²) in [4.78, 5) is 12.1. The molecule has 1 aromatic rings. The lowest BCUT2D eigenvalue weighted by molar-refractivity contribution is -0.211. The van der Waals surface area contributed by atoms with Gasteiger partial charge in [-0.3, -0.25) is 4.79 Å². The molecule has 1 amide bonds. The van der Waals surface area contributed by atoms with Crippen LogP contribution in [0.2, 0.25) is 0 Å². The van der Waals surface area contributed by atoms with Gasteiger partial charge in [-0.15, -0.1) is 0 Å². The third-order valence-corrected chi connectivity index (χ3v) is 3.48. The number of rotatable bonds is 4. The highest BCUT2D eigenvalue weighted by Crippen LogP contribution is 2.30. The van der Waals surface area contributed by atoms with Crippen molar-refractivity contribution in [2.24, 2.45) is 0 Å². The number of carbonyl (C=O) groups is 1. The van der Waals surface area contributed by atoms with Gasteiger partial charge in [0.05, 0.1) is 19.3 Å². The van der Waals surface area contributed by atoms with Crippen LogP contribution in [0.4, 0.5) is 13.2 Å². The molecule has 0 aliphatic carbocycles. The molecular weight excluding hydrogens is 315 g/mol. The number of aliphatic hydroxyl groups is 1. The zero-order valence-electron chi connectivity index (χ0n) is 12.5. The smallest absolute Gasteiger partial charge is 0.416 e. The van der Waals surface area contributed by atoms with Crippen molar-refractivity contribution >= 4 is 5.91 Å². The minimum Gasteiger partial charge on any atom is -0.490 e. The van der Waals surface area contributed by atoms with E-state index < -0.39 is 24.2 Å². The molecule has 0 spiro atoms. The van der Waals surface area contributed by atoms with Gasteiger partial charge in [-0.1, -0.05) is 6.92 Å². The molecule has 5 nitrogen and oxygen atoms in total. The average molecular weight is 333 g/mol. The third-order valence-electron chi connectivity index (χ3n) is 3.48. The zero-order chi connectivity index (χ0) is 17.0.